The SMILES string of the molecule is Cc1noc(C)c1C[C@H](C)N[C@H](C)c1cnc2ccsc2c1. The van der Waals surface area contributed by atoms with E-state index in [1.807, 2.05) is 20.0 Å². The summed E-state index contributed by atoms with van der Waals surface area (Å²) in [6.07, 6.45) is 2.88. The van der Waals surface area contributed by atoms with Crippen molar-refractivity contribution >= 4 is 21.6 Å². The number of thiophene rings is 1. The summed E-state index contributed by atoms with van der Waals surface area (Å²) in [5.74, 6) is 0.917. The van der Waals surface area contributed by atoms with Crippen LogP contribution < -0.4 is 5.32 Å². The van der Waals surface area contributed by atoms with Crippen molar-refractivity contribution in [2.45, 2.75) is 46.2 Å². The molecular weight excluding hydrogens is 294 g/mol. The molecule has 0 bridgehead atoms. The average Bonchev–Trinajstić information content (AvgIpc) is 3.08. The number of rotatable bonds is 5. The van der Waals surface area contributed by atoms with Crippen molar-refractivity contribution < 1.29 is 4.52 Å². The molecule has 3 aromatic heterocycles. The zero-order valence-corrected chi connectivity index (χ0v) is 14.2. The summed E-state index contributed by atoms with van der Waals surface area (Å²) in [5, 5.41) is 9.75. The van der Waals surface area contributed by atoms with Gasteiger partial charge in [-0.1, -0.05) is 5.16 Å². The molecule has 0 saturated heterocycles. The molecule has 5 heteroatoms. The minimum atomic E-state index is 0.259. The highest BCUT2D eigenvalue weighted by atomic mass is 32.1. The van der Waals surface area contributed by atoms with Gasteiger partial charge in [-0.15, -0.1) is 11.3 Å². The molecule has 3 heterocycles. The fourth-order valence-corrected chi connectivity index (χ4v) is 3.57. The highest BCUT2D eigenvalue weighted by Crippen LogP contribution is 2.23. The molecule has 0 aliphatic heterocycles. The number of aryl methyl sites for hydroxylation is 2. The average molecular weight is 315 g/mol. The molecule has 2 atom stereocenters. The summed E-state index contributed by atoms with van der Waals surface area (Å²) in [6, 6.07) is 4.88. The van der Waals surface area contributed by atoms with Crippen molar-refractivity contribution in [3.63, 3.8) is 0 Å². The van der Waals surface area contributed by atoms with E-state index in [0.717, 1.165) is 23.4 Å². The third kappa shape index (κ3) is 3.05. The van der Waals surface area contributed by atoms with E-state index in [1.165, 1.54) is 15.8 Å². The van der Waals surface area contributed by atoms with Crippen LogP contribution in [0, 0.1) is 13.8 Å². The molecule has 1 N–H and O–H groups in total. The normalized spacial score (nSPS) is 14.4. The number of nitrogens with zero attached hydrogens (tertiary/aromatic N) is 2. The monoisotopic (exact) mass is 315 g/mol. The standard InChI is InChI=1S/C17H21N3OS/c1-10(7-15-12(3)20-21-13(15)4)19-11(2)14-8-17-16(18-9-14)5-6-22-17/h5-6,8-11,19H,7H2,1-4H3/t10-,11+/m0/s1. The van der Waals surface area contributed by atoms with Gasteiger partial charge in [0, 0.05) is 23.8 Å². The van der Waals surface area contributed by atoms with E-state index in [2.05, 4.69) is 46.8 Å². The Hall–Kier alpha value is -1.72. The maximum Gasteiger partial charge on any atom is 0.137 e. The van der Waals surface area contributed by atoms with Crippen LogP contribution in [-0.2, 0) is 6.42 Å². The Bertz CT molecular complexity index is 758. The van der Waals surface area contributed by atoms with Crippen LogP contribution >= 0.6 is 11.3 Å². The molecule has 22 heavy (non-hydrogen) atoms. The summed E-state index contributed by atoms with van der Waals surface area (Å²) in [7, 11) is 0. The number of fused-ring (bicyclic) bond motifs is 1. The smallest absolute Gasteiger partial charge is 0.137 e. The predicted molar refractivity (Wildman–Crippen MR) is 90.3 cm³/mol. The molecule has 0 unspecified atom stereocenters. The summed E-state index contributed by atoms with van der Waals surface area (Å²) < 4.78 is 6.48. The Morgan fingerprint density at radius 1 is 1.32 bits per heavy atom. The van der Waals surface area contributed by atoms with Gasteiger partial charge in [-0.05, 0) is 57.2 Å². The van der Waals surface area contributed by atoms with Crippen molar-refractivity contribution in [2.75, 3.05) is 0 Å². The third-order valence-electron chi connectivity index (χ3n) is 4.05. The minimum absolute atomic E-state index is 0.259. The van der Waals surface area contributed by atoms with Gasteiger partial charge in [0.05, 0.1) is 15.9 Å². The maximum atomic E-state index is 5.24. The Morgan fingerprint density at radius 3 is 2.86 bits per heavy atom. The molecule has 0 spiro atoms. The first-order valence-electron chi connectivity index (χ1n) is 7.55. The lowest BCUT2D eigenvalue weighted by molar-refractivity contribution is 0.391. The summed E-state index contributed by atoms with van der Waals surface area (Å²) >= 11 is 1.73. The van der Waals surface area contributed by atoms with Crippen LogP contribution in [0.3, 0.4) is 0 Å². The third-order valence-corrected chi connectivity index (χ3v) is 4.90. The van der Waals surface area contributed by atoms with Gasteiger partial charge in [-0.2, -0.15) is 0 Å². The van der Waals surface area contributed by atoms with Gasteiger partial charge in [0.1, 0.15) is 5.76 Å². The van der Waals surface area contributed by atoms with Gasteiger partial charge >= 0.3 is 0 Å². The van der Waals surface area contributed by atoms with Crippen LogP contribution in [-0.4, -0.2) is 16.2 Å². The molecular formula is C17H21N3OS. The zero-order valence-electron chi connectivity index (χ0n) is 13.4. The van der Waals surface area contributed by atoms with Crippen molar-refractivity contribution in [3.05, 3.63) is 46.3 Å². The number of pyridine rings is 1. The number of aromatic nitrogens is 2. The number of hydrogen-bond acceptors (Lipinski definition) is 5. The van der Waals surface area contributed by atoms with Crippen LogP contribution in [0.4, 0.5) is 0 Å². The van der Waals surface area contributed by atoms with Crippen LogP contribution in [0.2, 0.25) is 0 Å². The second-order valence-electron chi connectivity index (χ2n) is 5.87. The summed E-state index contributed by atoms with van der Waals surface area (Å²) in [4.78, 5) is 4.52. The quantitative estimate of drug-likeness (QED) is 0.767. The summed E-state index contributed by atoms with van der Waals surface area (Å²) in [5.41, 5.74) is 4.49. The lowest BCUT2D eigenvalue weighted by Gasteiger charge is -2.20. The van der Waals surface area contributed by atoms with E-state index in [4.69, 9.17) is 4.52 Å². The number of nitrogens with one attached hydrogen (secondary N) is 1. The topological polar surface area (TPSA) is 51.0 Å². The predicted octanol–water partition coefficient (Wildman–Crippen LogP) is 4.18. The highest BCUT2D eigenvalue weighted by Gasteiger charge is 2.15. The van der Waals surface area contributed by atoms with Gasteiger partial charge in [0.25, 0.3) is 0 Å². The maximum absolute atomic E-state index is 5.24. The van der Waals surface area contributed by atoms with Gasteiger partial charge in [0.15, 0.2) is 0 Å². The largest absolute Gasteiger partial charge is 0.361 e. The Morgan fingerprint density at radius 2 is 2.14 bits per heavy atom. The van der Waals surface area contributed by atoms with E-state index in [0.29, 0.717) is 6.04 Å². The first kappa shape index (κ1) is 15.2. The molecule has 0 fully saturated rings. The van der Waals surface area contributed by atoms with E-state index < -0.39 is 0 Å². The van der Waals surface area contributed by atoms with Gasteiger partial charge < -0.3 is 9.84 Å². The number of hydrogen-bond donors (Lipinski definition) is 1. The molecule has 0 saturated carbocycles. The van der Waals surface area contributed by atoms with Crippen molar-refractivity contribution in [3.8, 4) is 0 Å². The molecule has 0 radical (unpaired) electrons. The second kappa shape index (κ2) is 6.18. The minimum Gasteiger partial charge on any atom is -0.361 e. The van der Waals surface area contributed by atoms with E-state index in [1.54, 1.807) is 11.3 Å². The van der Waals surface area contributed by atoms with E-state index in [9.17, 15) is 0 Å². The first-order valence-corrected chi connectivity index (χ1v) is 8.43. The summed E-state index contributed by atoms with van der Waals surface area (Å²) in [6.45, 7) is 8.34. The van der Waals surface area contributed by atoms with Crippen molar-refractivity contribution in [1.29, 1.82) is 0 Å². The lowest BCUT2D eigenvalue weighted by atomic mass is 10.0. The Kier molecular flexibility index (Phi) is 4.27. The van der Waals surface area contributed by atoms with Crippen LogP contribution in [0.5, 0.6) is 0 Å². The van der Waals surface area contributed by atoms with Crippen LogP contribution in [0.1, 0.15) is 42.5 Å². The van der Waals surface area contributed by atoms with Crippen molar-refractivity contribution in [1.82, 2.24) is 15.5 Å². The zero-order chi connectivity index (χ0) is 15.7. The fraction of sp³-hybridized carbons (Fsp3) is 0.412. The second-order valence-corrected chi connectivity index (χ2v) is 6.82. The van der Waals surface area contributed by atoms with Crippen LogP contribution in [0.15, 0.2) is 28.2 Å². The molecule has 3 aromatic rings. The van der Waals surface area contributed by atoms with Crippen LogP contribution in [0.25, 0.3) is 10.2 Å². The highest BCUT2D eigenvalue weighted by molar-refractivity contribution is 7.17. The van der Waals surface area contributed by atoms with Crippen molar-refractivity contribution in [2.24, 2.45) is 0 Å². The van der Waals surface area contributed by atoms with Gasteiger partial charge in [-0.3, -0.25) is 4.98 Å². The fourth-order valence-electron chi connectivity index (χ4n) is 2.78. The van der Waals surface area contributed by atoms with Gasteiger partial charge in [0.2, 0.25) is 0 Å². The first-order chi connectivity index (χ1) is 10.5. The lowest BCUT2D eigenvalue weighted by Crippen LogP contribution is -2.31. The van der Waals surface area contributed by atoms with E-state index in [-0.39, 0.29) is 6.04 Å². The molecule has 4 nitrogen and oxygen atoms in total. The Labute approximate surface area is 134 Å². The molecule has 0 amide bonds. The van der Waals surface area contributed by atoms with E-state index >= 15 is 0 Å². The molecule has 0 aliphatic carbocycles. The molecule has 3 rings (SSSR count). The molecule has 116 valence electrons. The molecule has 0 aliphatic rings. The molecule has 0 aromatic carbocycles. The van der Waals surface area contributed by atoms with Gasteiger partial charge in [-0.25, -0.2) is 0 Å². The Balaban J connectivity index is 1.69.